The minimum Gasteiger partial charge on any atom is -0.379 e. The lowest BCUT2D eigenvalue weighted by Crippen LogP contribution is -2.51. The monoisotopic (exact) mass is 331 g/mol. The molecule has 1 fully saturated rings. The van der Waals surface area contributed by atoms with E-state index in [1.807, 2.05) is 6.92 Å². The Morgan fingerprint density at radius 2 is 2.33 bits per heavy atom. The standard InChI is InChI=1S/C13H15BrClNO2/c1-13(5-2-6-18-8-13)16-12(17)10-7-9(15)3-4-11(10)14/h3-4,7H,2,5-6,8H2,1H3,(H,16,17). The number of ether oxygens (including phenoxy) is 1. The van der Waals surface area contributed by atoms with Gasteiger partial charge in [-0.25, -0.2) is 0 Å². The third-order valence-corrected chi connectivity index (χ3v) is 3.95. The Hall–Kier alpha value is -0.580. The summed E-state index contributed by atoms with van der Waals surface area (Å²) < 4.78 is 6.16. The van der Waals surface area contributed by atoms with E-state index in [0.29, 0.717) is 17.2 Å². The Balaban J connectivity index is 2.14. The van der Waals surface area contributed by atoms with Crippen LogP contribution < -0.4 is 5.32 Å². The van der Waals surface area contributed by atoms with Crippen LogP contribution in [0.5, 0.6) is 0 Å². The average molecular weight is 333 g/mol. The predicted octanol–water partition coefficient (Wildman–Crippen LogP) is 3.40. The van der Waals surface area contributed by atoms with Crippen molar-refractivity contribution in [1.29, 1.82) is 0 Å². The maximum absolute atomic E-state index is 12.2. The quantitative estimate of drug-likeness (QED) is 0.901. The summed E-state index contributed by atoms with van der Waals surface area (Å²) in [6, 6.07) is 5.18. The van der Waals surface area contributed by atoms with E-state index in [2.05, 4.69) is 21.2 Å². The molecular formula is C13H15BrClNO2. The molecule has 0 saturated carbocycles. The van der Waals surface area contributed by atoms with Gasteiger partial charge in [0, 0.05) is 16.1 Å². The Bertz CT molecular complexity index is 458. The molecule has 0 aliphatic carbocycles. The number of carbonyl (C=O) groups excluding carboxylic acids is 1. The van der Waals surface area contributed by atoms with Crippen LogP contribution in [0.2, 0.25) is 5.02 Å². The van der Waals surface area contributed by atoms with Crippen LogP contribution in [0.4, 0.5) is 0 Å². The van der Waals surface area contributed by atoms with Gasteiger partial charge in [-0.2, -0.15) is 0 Å². The molecule has 98 valence electrons. The van der Waals surface area contributed by atoms with Crippen molar-refractivity contribution < 1.29 is 9.53 Å². The summed E-state index contributed by atoms with van der Waals surface area (Å²) in [6.45, 7) is 3.33. The highest BCUT2D eigenvalue weighted by atomic mass is 79.9. The molecule has 0 bridgehead atoms. The number of benzene rings is 1. The minimum atomic E-state index is -0.295. The zero-order chi connectivity index (χ0) is 13.2. The van der Waals surface area contributed by atoms with Gasteiger partial charge < -0.3 is 10.1 Å². The van der Waals surface area contributed by atoms with Crippen LogP contribution in [0.15, 0.2) is 22.7 Å². The molecule has 1 heterocycles. The number of halogens is 2. The molecule has 1 aliphatic rings. The molecule has 5 heteroatoms. The van der Waals surface area contributed by atoms with Crippen molar-refractivity contribution in [3.05, 3.63) is 33.3 Å². The first kappa shape index (κ1) is 13.8. The van der Waals surface area contributed by atoms with Crippen LogP contribution >= 0.6 is 27.5 Å². The van der Waals surface area contributed by atoms with Crippen molar-refractivity contribution in [2.24, 2.45) is 0 Å². The normalized spacial score (nSPS) is 23.7. The summed E-state index contributed by atoms with van der Waals surface area (Å²) in [6.07, 6.45) is 1.89. The van der Waals surface area contributed by atoms with Crippen molar-refractivity contribution in [3.63, 3.8) is 0 Å². The SMILES string of the molecule is CC1(NC(=O)c2cc(Cl)ccc2Br)CCCOC1. The number of nitrogens with one attached hydrogen (secondary N) is 1. The number of carbonyl (C=O) groups is 1. The second kappa shape index (κ2) is 5.59. The first-order valence-electron chi connectivity index (χ1n) is 5.85. The molecule has 1 atom stereocenters. The van der Waals surface area contributed by atoms with Gasteiger partial charge in [0.15, 0.2) is 0 Å². The van der Waals surface area contributed by atoms with Gasteiger partial charge >= 0.3 is 0 Å². The molecule has 1 unspecified atom stereocenters. The van der Waals surface area contributed by atoms with Crippen LogP contribution in [0.3, 0.4) is 0 Å². The van der Waals surface area contributed by atoms with Crippen LogP contribution in [-0.2, 0) is 4.74 Å². The summed E-state index contributed by atoms with van der Waals surface area (Å²) in [4.78, 5) is 12.2. The second-order valence-corrected chi connectivity index (χ2v) is 6.09. The van der Waals surface area contributed by atoms with Crippen LogP contribution in [0, 0.1) is 0 Å². The predicted molar refractivity (Wildman–Crippen MR) is 75.1 cm³/mol. The van der Waals surface area contributed by atoms with Crippen molar-refractivity contribution in [2.45, 2.75) is 25.3 Å². The zero-order valence-electron chi connectivity index (χ0n) is 10.1. The number of hydrogen-bond acceptors (Lipinski definition) is 2. The maximum Gasteiger partial charge on any atom is 0.252 e. The molecule has 18 heavy (non-hydrogen) atoms. The fourth-order valence-electron chi connectivity index (χ4n) is 2.05. The maximum atomic E-state index is 12.2. The van der Waals surface area contributed by atoms with Gasteiger partial charge in [0.25, 0.3) is 5.91 Å². The third kappa shape index (κ3) is 3.25. The van der Waals surface area contributed by atoms with E-state index in [0.717, 1.165) is 23.9 Å². The Labute approximate surface area is 120 Å². The van der Waals surface area contributed by atoms with Crippen molar-refractivity contribution >= 4 is 33.4 Å². The fraction of sp³-hybridized carbons (Fsp3) is 0.462. The van der Waals surface area contributed by atoms with E-state index in [1.165, 1.54) is 0 Å². The van der Waals surface area contributed by atoms with E-state index in [-0.39, 0.29) is 11.4 Å². The van der Waals surface area contributed by atoms with E-state index in [1.54, 1.807) is 18.2 Å². The van der Waals surface area contributed by atoms with Gasteiger partial charge in [0.05, 0.1) is 17.7 Å². The van der Waals surface area contributed by atoms with Gasteiger partial charge in [-0.3, -0.25) is 4.79 Å². The van der Waals surface area contributed by atoms with Gasteiger partial charge in [-0.05, 0) is 53.9 Å². The Morgan fingerprint density at radius 3 is 3.00 bits per heavy atom. The van der Waals surface area contributed by atoms with Crippen molar-refractivity contribution in [3.8, 4) is 0 Å². The largest absolute Gasteiger partial charge is 0.379 e. The second-order valence-electron chi connectivity index (χ2n) is 4.80. The highest BCUT2D eigenvalue weighted by molar-refractivity contribution is 9.10. The molecule has 3 nitrogen and oxygen atoms in total. The average Bonchev–Trinajstić information content (AvgIpc) is 2.32. The lowest BCUT2D eigenvalue weighted by Gasteiger charge is -2.34. The first-order valence-corrected chi connectivity index (χ1v) is 7.03. The van der Waals surface area contributed by atoms with E-state index in [9.17, 15) is 4.79 Å². The molecule has 2 rings (SSSR count). The smallest absolute Gasteiger partial charge is 0.252 e. The van der Waals surface area contributed by atoms with E-state index >= 15 is 0 Å². The lowest BCUT2D eigenvalue weighted by molar-refractivity contribution is 0.0272. The lowest BCUT2D eigenvalue weighted by atomic mass is 9.94. The molecule has 1 N–H and O–H groups in total. The first-order chi connectivity index (χ1) is 8.50. The number of hydrogen-bond donors (Lipinski definition) is 1. The summed E-state index contributed by atoms with van der Waals surface area (Å²) in [5.41, 5.74) is 0.256. The topological polar surface area (TPSA) is 38.3 Å². The van der Waals surface area contributed by atoms with Gasteiger partial charge in [-0.15, -0.1) is 0 Å². The highest BCUT2D eigenvalue weighted by Gasteiger charge is 2.30. The van der Waals surface area contributed by atoms with Crippen LogP contribution in [0.1, 0.15) is 30.1 Å². The number of amides is 1. The third-order valence-electron chi connectivity index (χ3n) is 3.03. The molecular weight excluding hydrogens is 318 g/mol. The Kier molecular flexibility index (Phi) is 4.30. The summed E-state index contributed by atoms with van der Waals surface area (Å²) in [5, 5.41) is 3.58. The molecule has 0 radical (unpaired) electrons. The van der Waals surface area contributed by atoms with E-state index in [4.69, 9.17) is 16.3 Å². The van der Waals surface area contributed by atoms with Crippen molar-refractivity contribution in [1.82, 2.24) is 5.32 Å². The van der Waals surface area contributed by atoms with Crippen LogP contribution in [-0.4, -0.2) is 24.7 Å². The molecule has 0 aromatic heterocycles. The van der Waals surface area contributed by atoms with Gasteiger partial charge in [0.1, 0.15) is 0 Å². The summed E-state index contributed by atoms with van der Waals surface area (Å²) in [7, 11) is 0. The summed E-state index contributed by atoms with van der Waals surface area (Å²) in [5.74, 6) is -0.127. The number of rotatable bonds is 2. The minimum absolute atomic E-state index is 0.127. The molecule has 1 aromatic rings. The molecule has 1 saturated heterocycles. The van der Waals surface area contributed by atoms with Crippen molar-refractivity contribution in [2.75, 3.05) is 13.2 Å². The zero-order valence-corrected chi connectivity index (χ0v) is 12.5. The molecule has 1 aliphatic heterocycles. The van der Waals surface area contributed by atoms with E-state index < -0.39 is 0 Å². The Morgan fingerprint density at radius 1 is 1.56 bits per heavy atom. The fourth-order valence-corrected chi connectivity index (χ4v) is 2.64. The molecule has 1 aromatic carbocycles. The summed E-state index contributed by atoms with van der Waals surface area (Å²) >= 11 is 9.28. The molecule has 0 spiro atoms. The van der Waals surface area contributed by atoms with Gasteiger partial charge in [0.2, 0.25) is 0 Å². The molecule has 1 amide bonds. The highest BCUT2D eigenvalue weighted by Crippen LogP contribution is 2.23. The van der Waals surface area contributed by atoms with Gasteiger partial charge in [-0.1, -0.05) is 11.6 Å². The van der Waals surface area contributed by atoms with Crippen LogP contribution in [0.25, 0.3) is 0 Å².